The topological polar surface area (TPSA) is 81.3 Å². The van der Waals surface area contributed by atoms with E-state index in [1.165, 1.54) is 12.2 Å². The number of carbonyl (C=O) groups excluding carboxylic acids is 2. The Labute approximate surface area is 197 Å². The number of pyridine rings is 1. The highest BCUT2D eigenvalue weighted by atomic mass is 16.5. The predicted molar refractivity (Wildman–Crippen MR) is 133 cm³/mol. The quantitative estimate of drug-likeness (QED) is 0.257. The molecule has 0 radical (unpaired) electrons. The first-order valence-corrected chi connectivity index (χ1v) is 10.8. The van der Waals surface area contributed by atoms with E-state index in [0.29, 0.717) is 23.7 Å². The Hall–Kier alpha value is -4.45. The van der Waals surface area contributed by atoms with Crippen LogP contribution < -0.4 is 9.47 Å². The molecule has 0 aliphatic heterocycles. The van der Waals surface area contributed by atoms with Crippen molar-refractivity contribution in [3.8, 4) is 11.5 Å². The predicted octanol–water partition coefficient (Wildman–Crippen LogP) is 5.41. The number of hydrogen-bond acceptors (Lipinski definition) is 5. The molecule has 0 aliphatic rings. The second-order valence-corrected chi connectivity index (χ2v) is 7.58. The fourth-order valence-corrected chi connectivity index (χ4v) is 3.47. The van der Waals surface area contributed by atoms with Crippen LogP contribution in [-0.2, 0) is 16.2 Å². The lowest BCUT2D eigenvalue weighted by Gasteiger charge is -2.09. The average molecular weight is 453 g/mol. The Kier molecular flexibility index (Phi) is 7.30. The zero-order valence-corrected chi connectivity index (χ0v) is 18.7. The highest BCUT2D eigenvalue weighted by Gasteiger charge is 2.07. The summed E-state index contributed by atoms with van der Waals surface area (Å²) in [6.07, 6.45) is 9.58. The van der Waals surface area contributed by atoms with Gasteiger partial charge in [-0.1, -0.05) is 24.3 Å². The molecule has 0 atom stereocenters. The third-order valence-electron chi connectivity index (χ3n) is 5.19. The molecule has 170 valence electrons. The van der Waals surface area contributed by atoms with Gasteiger partial charge in [-0.2, -0.15) is 0 Å². The molecule has 0 bridgehead atoms. The number of rotatable bonds is 10. The zero-order chi connectivity index (χ0) is 23.8. The van der Waals surface area contributed by atoms with Gasteiger partial charge in [0.25, 0.3) is 0 Å². The van der Waals surface area contributed by atoms with Gasteiger partial charge in [0.15, 0.2) is 11.6 Å². The zero-order valence-electron chi connectivity index (χ0n) is 18.7. The van der Waals surface area contributed by atoms with Crippen molar-refractivity contribution in [2.24, 2.45) is 0 Å². The van der Waals surface area contributed by atoms with Gasteiger partial charge in [-0.05, 0) is 60.2 Å². The maximum absolute atomic E-state index is 12.3. The molecule has 0 amide bonds. The van der Waals surface area contributed by atoms with Crippen LogP contribution in [0, 0.1) is 0 Å². The Morgan fingerprint density at radius 2 is 1.76 bits per heavy atom. The second-order valence-electron chi connectivity index (χ2n) is 7.58. The molecule has 2 heterocycles. The minimum absolute atomic E-state index is 0.205. The summed E-state index contributed by atoms with van der Waals surface area (Å²) in [5.74, 6) is 0.650. The largest absolute Gasteiger partial charge is 0.496 e. The summed E-state index contributed by atoms with van der Waals surface area (Å²) in [6, 6.07) is 18.8. The normalized spacial score (nSPS) is 11.3. The van der Waals surface area contributed by atoms with Crippen LogP contribution in [0.1, 0.15) is 23.2 Å². The van der Waals surface area contributed by atoms with Crippen molar-refractivity contribution >= 4 is 34.6 Å². The summed E-state index contributed by atoms with van der Waals surface area (Å²) in [5, 5.41) is 1.03. The number of ketones is 2. The standard InChI is InChI=1S/C28H24N2O4/c1-33-28-18-25(34-19-22-6-2-3-15-29-22)13-10-21(28)9-12-24(32)17-23(31)11-8-20-5-4-7-27-26(20)14-16-30-27/h2-16,18,30H,17,19H2,1H3/b11-8+,12-9+. The van der Waals surface area contributed by atoms with Gasteiger partial charge in [0.2, 0.25) is 0 Å². The fourth-order valence-electron chi connectivity index (χ4n) is 3.47. The maximum Gasteiger partial charge on any atom is 0.163 e. The lowest BCUT2D eigenvalue weighted by molar-refractivity contribution is -0.121. The Morgan fingerprint density at radius 3 is 2.53 bits per heavy atom. The SMILES string of the molecule is COc1cc(OCc2ccccn2)ccc1/C=C/C(=O)CC(=O)/C=C/c1cccc2[nH]ccc12. The van der Waals surface area contributed by atoms with Crippen molar-refractivity contribution in [3.63, 3.8) is 0 Å². The number of nitrogens with zero attached hydrogens (tertiary/aromatic N) is 1. The van der Waals surface area contributed by atoms with Gasteiger partial charge in [-0.25, -0.2) is 0 Å². The molecule has 0 unspecified atom stereocenters. The molecule has 0 aliphatic carbocycles. The first-order chi connectivity index (χ1) is 16.6. The number of nitrogens with one attached hydrogen (secondary N) is 1. The number of benzene rings is 2. The molecule has 0 fully saturated rings. The molecular weight excluding hydrogens is 428 g/mol. The van der Waals surface area contributed by atoms with Crippen molar-refractivity contribution in [3.05, 3.63) is 102 Å². The van der Waals surface area contributed by atoms with E-state index < -0.39 is 0 Å². The van der Waals surface area contributed by atoms with Gasteiger partial charge in [-0.3, -0.25) is 14.6 Å². The number of allylic oxidation sites excluding steroid dienone is 2. The Balaban J connectivity index is 1.35. The smallest absolute Gasteiger partial charge is 0.163 e. The van der Waals surface area contributed by atoms with E-state index >= 15 is 0 Å². The maximum atomic E-state index is 12.3. The Bertz CT molecular complexity index is 1350. The molecule has 4 aromatic rings. The van der Waals surface area contributed by atoms with Gasteiger partial charge in [0.1, 0.15) is 18.1 Å². The molecule has 2 aromatic heterocycles. The summed E-state index contributed by atoms with van der Waals surface area (Å²) in [6.45, 7) is 0.339. The van der Waals surface area contributed by atoms with Crippen LogP contribution in [0.15, 0.2) is 85.2 Å². The molecule has 34 heavy (non-hydrogen) atoms. The van der Waals surface area contributed by atoms with Crippen LogP contribution in [0.25, 0.3) is 23.1 Å². The minimum Gasteiger partial charge on any atom is -0.496 e. The van der Waals surface area contributed by atoms with E-state index in [9.17, 15) is 9.59 Å². The van der Waals surface area contributed by atoms with Gasteiger partial charge in [0, 0.05) is 34.9 Å². The fraction of sp³-hybridized carbons (Fsp3) is 0.107. The van der Waals surface area contributed by atoms with E-state index in [0.717, 1.165) is 22.2 Å². The van der Waals surface area contributed by atoms with Gasteiger partial charge < -0.3 is 14.5 Å². The Morgan fingerprint density at radius 1 is 0.941 bits per heavy atom. The second kappa shape index (κ2) is 10.9. The number of aromatic amines is 1. The van der Waals surface area contributed by atoms with Crippen molar-refractivity contribution in [2.75, 3.05) is 7.11 Å². The van der Waals surface area contributed by atoms with Crippen LogP contribution >= 0.6 is 0 Å². The lowest BCUT2D eigenvalue weighted by atomic mass is 10.1. The number of H-pyrrole nitrogens is 1. The van der Waals surface area contributed by atoms with Crippen LogP contribution in [0.5, 0.6) is 11.5 Å². The monoisotopic (exact) mass is 452 g/mol. The third-order valence-corrected chi connectivity index (χ3v) is 5.19. The third kappa shape index (κ3) is 5.86. The molecule has 2 aromatic carbocycles. The van der Waals surface area contributed by atoms with Crippen molar-refractivity contribution < 1.29 is 19.1 Å². The number of methoxy groups -OCH3 is 1. The van der Waals surface area contributed by atoms with Gasteiger partial charge in [-0.15, -0.1) is 0 Å². The molecule has 0 saturated carbocycles. The molecule has 1 N–H and O–H groups in total. The molecule has 6 heteroatoms. The first kappa shape index (κ1) is 22.7. The van der Waals surface area contributed by atoms with E-state index in [1.807, 2.05) is 48.7 Å². The van der Waals surface area contributed by atoms with Crippen LogP contribution in [0.4, 0.5) is 0 Å². The van der Waals surface area contributed by atoms with Crippen LogP contribution in [0.2, 0.25) is 0 Å². The first-order valence-electron chi connectivity index (χ1n) is 10.8. The van der Waals surface area contributed by atoms with E-state index in [1.54, 1.807) is 43.7 Å². The molecule has 0 saturated heterocycles. The van der Waals surface area contributed by atoms with Crippen LogP contribution in [-0.4, -0.2) is 28.6 Å². The number of hydrogen-bond donors (Lipinski definition) is 1. The highest BCUT2D eigenvalue weighted by molar-refractivity contribution is 6.11. The highest BCUT2D eigenvalue weighted by Crippen LogP contribution is 2.26. The van der Waals surface area contributed by atoms with Crippen LogP contribution in [0.3, 0.4) is 0 Å². The average Bonchev–Trinajstić information content (AvgIpc) is 3.35. The molecule has 4 rings (SSSR count). The van der Waals surface area contributed by atoms with E-state index in [-0.39, 0.29) is 18.0 Å². The van der Waals surface area contributed by atoms with Crippen molar-refractivity contribution in [1.29, 1.82) is 0 Å². The number of aromatic nitrogens is 2. The minimum atomic E-state index is -0.285. The molecule has 0 spiro atoms. The van der Waals surface area contributed by atoms with Crippen molar-refractivity contribution in [1.82, 2.24) is 9.97 Å². The summed E-state index contributed by atoms with van der Waals surface area (Å²) < 4.78 is 11.2. The lowest BCUT2D eigenvalue weighted by Crippen LogP contribution is -2.02. The summed E-state index contributed by atoms with van der Waals surface area (Å²) in [7, 11) is 1.55. The summed E-state index contributed by atoms with van der Waals surface area (Å²) >= 11 is 0. The number of fused-ring (bicyclic) bond motifs is 1. The summed E-state index contributed by atoms with van der Waals surface area (Å²) in [5.41, 5.74) is 3.45. The van der Waals surface area contributed by atoms with Crippen molar-refractivity contribution in [2.45, 2.75) is 13.0 Å². The van der Waals surface area contributed by atoms with E-state index in [2.05, 4.69) is 9.97 Å². The summed E-state index contributed by atoms with van der Waals surface area (Å²) in [4.78, 5) is 32.0. The van der Waals surface area contributed by atoms with Gasteiger partial charge >= 0.3 is 0 Å². The molecular formula is C28H24N2O4. The number of carbonyl (C=O) groups is 2. The van der Waals surface area contributed by atoms with Gasteiger partial charge in [0.05, 0.1) is 19.2 Å². The van der Waals surface area contributed by atoms with E-state index in [4.69, 9.17) is 9.47 Å². The number of ether oxygens (including phenoxy) is 2. The molecule has 6 nitrogen and oxygen atoms in total.